The van der Waals surface area contributed by atoms with Crippen LogP contribution in [0.3, 0.4) is 0 Å². The first-order chi connectivity index (χ1) is 9.52. The van der Waals surface area contributed by atoms with Crippen molar-refractivity contribution in [2.45, 2.75) is 26.4 Å². The maximum Gasteiger partial charge on any atom is 0.533 e. The molecule has 0 bridgehead atoms. The minimum Gasteiger partial charge on any atom is -0.428 e. The summed E-state index contributed by atoms with van der Waals surface area (Å²) in [6.45, 7) is 2.02. The number of aldehydes is 1. The van der Waals surface area contributed by atoms with Crippen LogP contribution in [0.15, 0.2) is 24.3 Å². The van der Waals surface area contributed by atoms with Gasteiger partial charge in [-0.1, -0.05) is 29.8 Å². The van der Waals surface area contributed by atoms with Gasteiger partial charge in [-0.3, -0.25) is 4.79 Å². The van der Waals surface area contributed by atoms with Crippen LogP contribution in [-0.4, -0.2) is 30.5 Å². The summed E-state index contributed by atoms with van der Waals surface area (Å²) in [5.41, 5.74) is 1.93. The van der Waals surface area contributed by atoms with E-state index in [2.05, 4.69) is 4.84 Å². The molecule has 0 aliphatic rings. The number of hydrogen-bond donors (Lipinski definition) is 0. The zero-order valence-corrected chi connectivity index (χ0v) is 11.5. The predicted octanol–water partition coefficient (Wildman–Crippen LogP) is 2.00. The molecule has 0 aromatic heterocycles. The van der Waals surface area contributed by atoms with Crippen molar-refractivity contribution in [3.63, 3.8) is 0 Å². The van der Waals surface area contributed by atoms with Gasteiger partial charge in [-0.15, -0.1) is 0 Å². The minimum absolute atomic E-state index is 0.00869. The highest BCUT2D eigenvalue weighted by Crippen LogP contribution is 2.06. The molecular formula is C14H17NO5. The van der Waals surface area contributed by atoms with Crippen LogP contribution < -0.4 is 0 Å². The standard InChI is InChI=1S/C14H17NO5/c1-11-5-7-12(8-6-11)10-19-14(18)20-15(2)13(17)4-3-9-16/h5-9H,3-4,10H2,1-2H3. The van der Waals surface area contributed by atoms with Gasteiger partial charge in [-0.2, -0.15) is 5.06 Å². The molecule has 1 aromatic rings. The van der Waals surface area contributed by atoms with Crippen LogP contribution in [0.5, 0.6) is 0 Å². The summed E-state index contributed by atoms with van der Waals surface area (Å²) in [7, 11) is 1.29. The number of carbonyl (C=O) groups is 3. The number of hydroxylamine groups is 2. The summed E-state index contributed by atoms with van der Waals surface area (Å²) in [5, 5.41) is 0.765. The molecule has 1 amide bonds. The molecule has 0 spiro atoms. The Balaban J connectivity index is 2.34. The Kier molecular flexibility index (Phi) is 6.22. The molecule has 0 radical (unpaired) electrons. The van der Waals surface area contributed by atoms with Gasteiger partial charge in [0.05, 0.1) is 0 Å². The molecule has 0 saturated heterocycles. The van der Waals surface area contributed by atoms with Crippen molar-refractivity contribution in [3.8, 4) is 0 Å². The van der Waals surface area contributed by atoms with Crippen molar-refractivity contribution >= 4 is 18.3 Å². The number of carbonyl (C=O) groups excluding carboxylic acids is 3. The Morgan fingerprint density at radius 2 is 1.90 bits per heavy atom. The molecule has 108 valence electrons. The average molecular weight is 279 g/mol. The van der Waals surface area contributed by atoms with E-state index in [-0.39, 0.29) is 19.4 Å². The summed E-state index contributed by atoms with van der Waals surface area (Å²) in [6, 6.07) is 7.47. The first kappa shape index (κ1) is 15.7. The second-order valence-electron chi connectivity index (χ2n) is 4.21. The first-order valence-electron chi connectivity index (χ1n) is 6.13. The molecule has 6 heteroatoms. The molecule has 0 aliphatic heterocycles. The van der Waals surface area contributed by atoms with Crippen molar-refractivity contribution in [2.75, 3.05) is 7.05 Å². The summed E-state index contributed by atoms with van der Waals surface area (Å²) in [4.78, 5) is 37.5. The zero-order chi connectivity index (χ0) is 15.0. The molecule has 0 saturated carbocycles. The molecule has 0 fully saturated rings. The Morgan fingerprint density at radius 3 is 2.50 bits per heavy atom. The highest BCUT2D eigenvalue weighted by Gasteiger charge is 2.14. The van der Waals surface area contributed by atoms with Crippen molar-refractivity contribution in [1.82, 2.24) is 5.06 Å². The van der Waals surface area contributed by atoms with Gasteiger partial charge in [0.2, 0.25) is 0 Å². The number of amides is 1. The Morgan fingerprint density at radius 1 is 1.25 bits per heavy atom. The maximum absolute atomic E-state index is 11.4. The number of nitrogens with zero attached hydrogens (tertiary/aromatic N) is 1. The molecule has 1 aromatic carbocycles. The lowest BCUT2D eigenvalue weighted by atomic mass is 10.2. The predicted molar refractivity (Wildman–Crippen MR) is 70.5 cm³/mol. The second-order valence-corrected chi connectivity index (χ2v) is 4.21. The van der Waals surface area contributed by atoms with Gasteiger partial charge in [-0.25, -0.2) is 4.79 Å². The molecule has 1 rings (SSSR count). The van der Waals surface area contributed by atoms with E-state index in [1.54, 1.807) is 0 Å². The second kappa shape index (κ2) is 7.93. The van der Waals surface area contributed by atoms with Gasteiger partial charge >= 0.3 is 6.16 Å². The quantitative estimate of drug-likeness (QED) is 0.468. The Labute approximate surface area is 117 Å². The number of aryl methyl sites for hydroxylation is 1. The lowest BCUT2D eigenvalue weighted by Gasteiger charge is -2.15. The molecule has 0 heterocycles. The van der Waals surface area contributed by atoms with Crippen LogP contribution >= 0.6 is 0 Å². The van der Waals surface area contributed by atoms with E-state index in [1.807, 2.05) is 31.2 Å². The van der Waals surface area contributed by atoms with Crippen molar-refractivity contribution in [2.24, 2.45) is 0 Å². The van der Waals surface area contributed by atoms with E-state index in [4.69, 9.17) is 4.74 Å². The molecule has 6 nitrogen and oxygen atoms in total. The Hall–Kier alpha value is -2.37. The molecule has 20 heavy (non-hydrogen) atoms. The van der Waals surface area contributed by atoms with Crippen LogP contribution in [0.4, 0.5) is 4.79 Å². The summed E-state index contributed by atoms with van der Waals surface area (Å²) >= 11 is 0. The summed E-state index contributed by atoms with van der Waals surface area (Å²) in [5.74, 6) is -0.468. The first-order valence-corrected chi connectivity index (χ1v) is 6.13. The van der Waals surface area contributed by atoms with Gasteiger partial charge < -0.3 is 14.4 Å². The van der Waals surface area contributed by atoms with E-state index in [9.17, 15) is 14.4 Å². The van der Waals surface area contributed by atoms with E-state index in [0.29, 0.717) is 6.29 Å². The Bertz CT molecular complexity index is 469. The topological polar surface area (TPSA) is 72.9 Å². The molecule has 0 N–H and O–H groups in total. The van der Waals surface area contributed by atoms with Crippen LogP contribution in [0.1, 0.15) is 24.0 Å². The van der Waals surface area contributed by atoms with Crippen LogP contribution in [-0.2, 0) is 25.8 Å². The maximum atomic E-state index is 11.4. The van der Waals surface area contributed by atoms with E-state index < -0.39 is 12.1 Å². The normalized spacial score (nSPS) is 9.70. The van der Waals surface area contributed by atoms with Crippen molar-refractivity contribution in [3.05, 3.63) is 35.4 Å². The lowest BCUT2D eigenvalue weighted by Crippen LogP contribution is -2.30. The number of rotatable bonds is 5. The van der Waals surface area contributed by atoms with Crippen molar-refractivity contribution in [1.29, 1.82) is 0 Å². The molecule has 0 unspecified atom stereocenters. The fraction of sp³-hybridized carbons (Fsp3) is 0.357. The molecule has 0 aliphatic carbocycles. The van der Waals surface area contributed by atoms with E-state index in [0.717, 1.165) is 16.2 Å². The number of benzene rings is 1. The van der Waals surface area contributed by atoms with Gasteiger partial charge in [0.25, 0.3) is 5.91 Å². The number of hydrogen-bond acceptors (Lipinski definition) is 5. The fourth-order valence-electron chi connectivity index (χ4n) is 1.36. The zero-order valence-electron chi connectivity index (χ0n) is 11.5. The third-order valence-electron chi connectivity index (χ3n) is 2.52. The molecule has 0 atom stereocenters. The monoisotopic (exact) mass is 279 g/mol. The van der Waals surface area contributed by atoms with Crippen molar-refractivity contribution < 1.29 is 24.0 Å². The van der Waals surface area contributed by atoms with Gasteiger partial charge in [-0.05, 0) is 12.5 Å². The van der Waals surface area contributed by atoms with Crippen LogP contribution in [0, 0.1) is 6.92 Å². The summed E-state index contributed by atoms with van der Waals surface area (Å²) in [6.07, 6.45) is -0.259. The average Bonchev–Trinajstić information content (AvgIpc) is 2.44. The fourth-order valence-corrected chi connectivity index (χ4v) is 1.36. The largest absolute Gasteiger partial charge is 0.533 e. The van der Waals surface area contributed by atoms with E-state index >= 15 is 0 Å². The smallest absolute Gasteiger partial charge is 0.428 e. The van der Waals surface area contributed by atoms with E-state index in [1.165, 1.54) is 7.05 Å². The van der Waals surface area contributed by atoms with Gasteiger partial charge in [0.15, 0.2) is 0 Å². The van der Waals surface area contributed by atoms with Gasteiger partial charge in [0.1, 0.15) is 12.9 Å². The SMILES string of the molecule is Cc1ccc(COC(=O)ON(C)C(=O)CCC=O)cc1. The molecular weight excluding hydrogens is 262 g/mol. The minimum atomic E-state index is -0.965. The highest BCUT2D eigenvalue weighted by molar-refractivity contribution is 5.78. The summed E-state index contributed by atoms with van der Waals surface area (Å²) < 4.78 is 4.87. The number of ether oxygens (including phenoxy) is 1. The third kappa shape index (κ3) is 5.51. The van der Waals surface area contributed by atoms with Gasteiger partial charge in [0, 0.05) is 19.9 Å². The van der Waals surface area contributed by atoms with Crippen LogP contribution in [0.2, 0.25) is 0 Å². The lowest BCUT2D eigenvalue weighted by molar-refractivity contribution is -0.166. The highest BCUT2D eigenvalue weighted by atomic mass is 16.8. The van der Waals surface area contributed by atoms with Crippen LogP contribution in [0.25, 0.3) is 0 Å². The third-order valence-corrected chi connectivity index (χ3v) is 2.52.